The average Bonchev–Trinajstić information content (AvgIpc) is 2.79. The van der Waals surface area contributed by atoms with Gasteiger partial charge in [-0.3, -0.25) is 13.9 Å². The van der Waals surface area contributed by atoms with Crippen LogP contribution < -0.4 is 9.62 Å². The van der Waals surface area contributed by atoms with E-state index in [0.717, 1.165) is 22.7 Å². The van der Waals surface area contributed by atoms with Gasteiger partial charge in [-0.05, 0) is 56.5 Å². The fourth-order valence-corrected chi connectivity index (χ4v) is 4.89. The largest absolute Gasteiger partial charge is 0.352 e. The Balaban J connectivity index is 2.15. The molecule has 0 fully saturated rings. The van der Waals surface area contributed by atoms with Crippen molar-refractivity contribution in [3.63, 3.8) is 0 Å². The number of benzene rings is 2. The number of carbonyl (C=O) groups is 2. The lowest BCUT2D eigenvalue weighted by molar-refractivity contribution is -0.140. The van der Waals surface area contributed by atoms with E-state index >= 15 is 0 Å². The van der Waals surface area contributed by atoms with Gasteiger partial charge in [0.25, 0.3) is 0 Å². The molecule has 2 amide bonds. The summed E-state index contributed by atoms with van der Waals surface area (Å²) in [6.45, 7) is 6.09. The fourth-order valence-electron chi connectivity index (χ4n) is 3.48. The SMILES string of the molecule is CC[C@H](C)NC(=O)[C@@H](C)N(Cc1cccc(Br)c1)C(=O)CCCN(c1ccccc1)S(C)(=O)=O. The molecule has 34 heavy (non-hydrogen) atoms. The maximum atomic E-state index is 13.3. The van der Waals surface area contributed by atoms with Crippen LogP contribution in [0.2, 0.25) is 0 Å². The zero-order valence-electron chi connectivity index (χ0n) is 20.2. The van der Waals surface area contributed by atoms with Crippen LogP contribution in [0.4, 0.5) is 5.69 Å². The number of rotatable bonds is 12. The van der Waals surface area contributed by atoms with Crippen LogP contribution in [0.3, 0.4) is 0 Å². The van der Waals surface area contributed by atoms with Crippen molar-refractivity contribution in [2.24, 2.45) is 0 Å². The summed E-state index contributed by atoms with van der Waals surface area (Å²) >= 11 is 3.45. The summed E-state index contributed by atoms with van der Waals surface area (Å²) in [4.78, 5) is 27.6. The Morgan fingerprint density at radius 2 is 1.74 bits per heavy atom. The van der Waals surface area contributed by atoms with Crippen LogP contribution in [-0.4, -0.2) is 50.0 Å². The zero-order chi connectivity index (χ0) is 25.3. The Morgan fingerprint density at radius 1 is 1.06 bits per heavy atom. The molecule has 0 saturated carbocycles. The molecule has 9 heteroatoms. The number of amides is 2. The van der Waals surface area contributed by atoms with E-state index in [-0.39, 0.29) is 37.4 Å². The third kappa shape index (κ3) is 8.43. The summed E-state index contributed by atoms with van der Waals surface area (Å²) in [5.74, 6) is -0.409. The first-order chi connectivity index (χ1) is 16.0. The van der Waals surface area contributed by atoms with Gasteiger partial charge in [-0.25, -0.2) is 8.42 Å². The van der Waals surface area contributed by atoms with E-state index < -0.39 is 16.1 Å². The molecular weight excluding hydrogens is 518 g/mol. The van der Waals surface area contributed by atoms with Crippen LogP contribution in [0.15, 0.2) is 59.1 Å². The first-order valence-corrected chi connectivity index (χ1v) is 14.0. The predicted octanol–water partition coefficient (Wildman–Crippen LogP) is 4.33. The maximum absolute atomic E-state index is 13.3. The van der Waals surface area contributed by atoms with Crippen molar-refractivity contribution in [1.29, 1.82) is 0 Å². The molecule has 2 atom stereocenters. The lowest BCUT2D eigenvalue weighted by atomic mass is 10.1. The van der Waals surface area contributed by atoms with Gasteiger partial charge in [0.1, 0.15) is 6.04 Å². The normalized spacial score (nSPS) is 13.1. The molecule has 186 valence electrons. The summed E-state index contributed by atoms with van der Waals surface area (Å²) in [6, 6.07) is 15.8. The number of anilines is 1. The van der Waals surface area contributed by atoms with Gasteiger partial charge < -0.3 is 10.2 Å². The minimum atomic E-state index is -3.50. The molecule has 0 aromatic heterocycles. The van der Waals surface area contributed by atoms with Gasteiger partial charge >= 0.3 is 0 Å². The van der Waals surface area contributed by atoms with E-state index in [2.05, 4.69) is 21.2 Å². The molecule has 0 heterocycles. The second kappa shape index (κ2) is 12.9. The minimum absolute atomic E-state index is 0.00645. The van der Waals surface area contributed by atoms with Crippen molar-refractivity contribution in [3.8, 4) is 0 Å². The second-order valence-electron chi connectivity index (χ2n) is 8.42. The summed E-state index contributed by atoms with van der Waals surface area (Å²) in [5.41, 5.74) is 1.46. The van der Waals surface area contributed by atoms with E-state index in [9.17, 15) is 18.0 Å². The van der Waals surface area contributed by atoms with Crippen LogP contribution in [-0.2, 0) is 26.2 Å². The second-order valence-corrected chi connectivity index (χ2v) is 11.2. The molecule has 0 aliphatic heterocycles. The molecule has 0 unspecified atom stereocenters. The van der Waals surface area contributed by atoms with E-state index in [0.29, 0.717) is 12.1 Å². The molecule has 0 spiro atoms. The topological polar surface area (TPSA) is 86.8 Å². The lowest BCUT2D eigenvalue weighted by Crippen LogP contribution is -2.49. The highest BCUT2D eigenvalue weighted by atomic mass is 79.9. The molecule has 7 nitrogen and oxygen atoms in total. The monoisotopic (exact) mass is 551 g/mol. The Morgan fingerprint density at radius 3 is 2.32 bits per heavy atom. The molecular formula is C25H34BrN3O4S. The predicted molar refractivity (Wildman–Crippen MR) is 140 cm³/mol. The standard InChI is InChI=1S/C25H34BrN3O4S/c1-5-19(2)27-25(31)20(3)28(18-21-11-9-12-22(26)17-21)24(30)15-10-16-29(34(4,32)33)23-13-7-6-8-14-23/h6-9,11-14,17,19-20H,5,10,15-16,18H2,1-4H3,(H,27,31)/t19-,20+/m0/s1. The molecule has 0 aliphatic carbocycles. The molecule has 0 radical (unpaired) electrons. The Kier molecular flexibility index (Phi) is 10.6. The molecule has 2 rings (SSSR count). The molecule has 1 N–H and O–H groups in total. The van der Waals surface area contributed by atoms with Crippen LogP contribution in [0.1, 0.15) is 45.6 Å². The van der Waals surface area contributed by atoms with Gasteiger partial charge in [0, 0.05) is 30.0 Å². The van der Waals surface area contributed by atoms with Gasteiger partial charge in [0.15, 0.2) is 0 Å². The maximum Gasteiger partial charge on any atom is 0.242 e. The van der Waals surface area contributed by atoms with E-state index in [1.165, 1.54) is 4.31 Å². The van der Waals surface area contributed by atoms with Crippen molar-refractivity contribution in [2.45, 2.75) is 58.7 Å². The molecule has 0 aliphatic rings. The van der Waals surface area contributed by atoms with E-state index in [1.54, 1.807) is 36.1 Å². The first kappa shape index (κ1) is 27.9. The summed E-state index contributed by atoms with van der Waals surface area (Å²) in [6.07, 6.45) is 2.39. The number of hydrogen-bond donors (Lipinski definition) is 1. The Bertz CT molecular complexity index is 1060. The lowest BCUT2D eigenvalue weighted by Gasteiger charge is -2.30. The number of nitrogens with zero attached hydrogens (tertiary/aromatic N) is 2. The Labute approximate surface area is 211 Å². The third-order valence-electron chi connectivity index (χ3n) is 5.61. The summed E-state index contributed by atoms with van der Waals surface area (Å²) < 4.78 is 26.8. The average molecular weight is 553 g/mol. The van der Waals surface area contributed by atoms with Gasteiger partial charge in [0.2, 0.25) is 21.8 Å². The van der Waals surface area contributed by atoms with E-state index in [1.807, 2.05) is 44.2 Å². The number of hydrogen-bond acceptors (Lipinski definition) is 4. The summed E-state index contributed by atoms with van der Waals surface area (Å²) in [7, 11) is -3.50. The van der Waals surface area contributed by atoms with Gasteiger partial charge in [-0.15, -0.1) is 0 Å². The molecule has 2 aromatic carbocycles. The van der Waals surface area contributed by atoms with Crippen LogP contribution >= 0.6 is 15.9 Å². The number of para-hydroxylation sites is 1. The number of carbonyl (C=O) groups excluding carboxylic acids is 2. The van der Waals surface area contributed by atoms with Crippen molar-refractivity contribution in [3.05, 3.63) is 64.6 Å². The highest BCUT2D eigenvalue weighted by molar-refractivity contribution is 9.10. The highest BCUT2D eigenvalue weighted by Crippen LogP contribution is 2.19. The van der Waals surface area contributed by atoms with Gasteiger partial charge in [0.05, 0.1) is 11.9 Å². The third-order valence-corrected chi connectivity index (χ3v) is 7.29. The quantitative estimate of drug-likeness (QED) is 0.425. The number of sulfonamides is 1. The molecule has 0 bridgehead atoms. The van der Waals surface area contributed by atoms with Crippen LogP contribution in [0.25, 0.3) is 0 Å². The van der Waals surface area contributed by atoms with Crippen LogP contribution in [0.5, 0.6) is 0 Å². The first-order valence-electron chi connectivity index (χ1n) is 11.4. The van der Waals surface area contributed by atoms with Gasteiger partial charge in [-0.1, -0.05) is 53.2 Å². The van der Waals surface area contributed by atoms with Crippen LogP contribution in [0, 0.1) is 0 Å². The zero-order valence-corrected chi connectivity index (χ0v) is 22.6. The highest BCUT2D eigenvalue weighted by Gasteiger charge is 2.27. The number of halogens is 1. The molecule has 2 aromatic rings. The van der Waals surface area contributed by atoms with Gasteiger partial charge in [-0.2, -0.15) is 0 Å². The fraction of sp³-hybridized carbons (Fsp3) is 0.440. The minimum Gasteiger partial charge on any atom is -0.352 e. The smallest absolute Gasteiger partial charge is 0.242 e. The summed E-state index contributed by atoms with van der Waals surface area (Å²) in [5, 5.41) is 2.95. The van der Waals surface area contributed by atoms with Crippen molar-refractivity contribution < 1.29 is 18.0 Å². The van der Waals surface area contributed by atoms with E-state index in [4.69, 9.17) is 0 Å². The Hall–Kier alpha value is -2.39. The molecule has 0 saturated heterocycles. The van der Waals surface area contributed by atoms with Crippen molar-refractivity contribution in [2.75, 3.05) is 17.1 Å². The number of nitrogens with one attached hydrogen (secondary N) is 1. The van der Waals surface area contributed by atoms with Crippen molar-refractivity contribution in [1.82, 2.24) is 10.2 Å². The van der Waals surface area contributed by atoms with Crippen molar-refractivity contribution >= 4 is 43.5 Å².